The van der Waals surface area contributed by atoms with Crippen LogP contribution in [0.4, 0.5) is 22.0 Å². The van der Waals surface area contributed by atoms with Gasteiger partial charge in [0.2, 0.25) is 5.76 Å². The normalized spacial score (nSPS) is 11.9. The highest BCUT2D eigenvalue weighted by atomic mass is 19.4. The molecule has 0 radical (unpaired) electrons. The maximum atomic E-state index is 12.6. The number of aromatic nitrogens is 1. The molecule has 1 aromatic heterocycles. The molecule has 0 amide bonds. The van der Waals surface area contributed by atoms with Gasteiger partial charge in [0, 0.05) is 6.42 Å². The topological polar surface area (TPSA) is 52.3 Å². The number of carbonyl (C=O) groups is 1. The molecule has 0 unspecified atom stereocenters. The molecule has 0 N–H and O–H groups in total. The molecule has 1 heterocycles. The van der Waals surface area contributed by atoms with Gasteiger partial charge in [0.25, 0.3) is 6.43 Å². The van der Waals surface area contributed by atoms with E-state index in [4.69, 9.17) is 0 Å². The number of hydrogen-bond acceptors (Lipinski definition) is 4. The third kappa shape index (κ3) is 4.49. The van der Waals surface area contributed by atoms with Crippen molar-refractivity contribution >= 4 is 5.97 Å². The lowest BCUT2D eigenvalue weighted by molar-refractivity contribution is -0.134. The van der Waals surface area contributed by atoms with Gasteiger partial charge in [0.15, 0.2) is 11.6 Å². The highest BCUT2D eigenvalue weighted by Crippen LogP contribution is 2.27. The number of carbonyl (C=O) groups excluding carboxylic acids is 1. The Labute approximate surface area is 104 Å². The van der Waals surface area contributed by atoms with E-state index in [-0.39, 0.29) is 6.61 Å². The zero-order chi connectivity index (χ0) is 14.6. The molecule has 19 heavy (non-hydrogen) atoms. The lowest BCUT2D eigenvalue weighted by atomic mass is 10.3. The third-order valence-electron chi connectivity index (χ3n) is 1.99. The van der Waals surface area contributed by atoms with Crippen LogP contribution in [0.2, 0.25) is 0 Å². The Morgan fingerprint density at radius 1 is 1.42 bits per heavy atom. The van der Waals surface area contributed by atoms with E-state index in [9.17, 15) is 26.7 Å². The Bertz CT molecular complexity index is 441. The summed E-state index contributed by atoms with van der Waals surface area (Å²) in [5.74, 6) is -2.60. The SMILES string of the molecule is CCOC(=O)c1oc(CCC(F)(F)F)nc1C(F)F. The highest BCUT2D eigenvalue weighted by Gasteiger charge is 2.31. The Morgan fingerprint density at radius 2 is 2.05 bits per heavy atom. The van der Waals surface area contributed by atoms with Crippen LogP contribution in [0, 0.1) is 0 Å². The van der Waals surface area contributed by atoms with Gasteiger partial charge in [-0.2, -0.15) is 13.2 Å². The summed E-state index contributed by atoms with van der Waals surface area (Å²) in [6, 6.07) is 0. The predicted molar refractivity (Wildman–Crippen MR) is 51.8 cm³/mol. The number of ether oxygens (including phenoxy) is 1. The standard InChI is InChI=1S/C10H10F5NO3/c1-2-18-9(17)7-6(8(11)12)16-5(19-7)3-4-10(13,14)15/h8H,2-4H2,1H3. The van der Waals surface area contributed by atoms with Gasteiger partial charge < -0.3 is 9.15 Å². The zero-order valence-corrected chi connectivity index (χ0v) is 9.76. The van der Waals surface area contributed by atoms with E-state index in [0.717, 1.165) is 0 Å². The number of hydrogen-bond donors (Lipinski definition) is 0. The molecule has 1 rings (SSSR count). The van der Waals surface area contributed by atoms with Gasteiger partial charge in [-0.1, -0.05) is 0 Å². The first kappa shape index (κ1) is 15.4. The van der Waals surface area contributed by atoms with E-state index in [2.05, 4.69) is 14.1 Å². The van der Waals surface area contributed by atoms with E-state index in [1.165, 1.54) is 6.92 Å². The minimum atomic E-state index is -4.47. The molecular weight excluding hydrogens is 277 g/mol. The van der Waals surface area contributed by atoms with Crippen molar-refractivity contribution in [3.8, 4) is 0 Å². The third-order valence-corrected chi connectivity index (χ3v) is 1.99. The largest absolute Gasteiger partial charge is 0.460 e. The van der Waals surface area contributed by atoms with Crippen molar-refractivity contribution in [1.29, 1.82) is 0 Å². The number of alkyl halides is 5. The Morgan fingerprint density at radius 3 is 2.53 bits per heavy atom. The van der Waals surface area contributed by atoms with E-state index in [1.807, 2.05) is 0 Å². The minimum Gasteiger partial charge on any atom is -0.460 e. The van der Waals surface area contributed by atoms with Crippen molar-refractivity contribution in [2.24, 2.45) is 0 Å². The lowest BCUT2D eigenvalue weighted by Gasteiger charge is -2.02. The second-order valence-corrected chi connectivity index (χ2v) is 3.46. The van der Waals surface area contributed by atoms with Crippen LogP contribution in [0.15, 0.2) is 4.42 Å². The molecule has 0 aliphatic heterocycles. The van der Waals surface area contributed by atoms with Gasteiger partial charge in [-0.05, 0) is 6.92 Å². The quantitative estimate of drug-likeness (QED) is 0.616. The minimum absolute atomic E-state index is 0.0832. The number of nitrogens with zero attached hydrogens (tertiary/aromatic N) is 1. The second kappa shape index (κ2) is 5.98. The fraction of sp³-hybridized carbons (Fsp3) is 0.600. The van der Waals surface area contributed by atoms with Crippen LogP contribution in [-0.4, -0.2) is 23.7 Å². The highest BCUT2D eigenvalue weighted by molar-refractivity contribution is 5.87. The van der Waals surface area contributed by atoms with Gasteiger partial charge in [-0.3, -0.25) is 0 Å². The molecule has 0 fully saturated rings. The Hall–Kier alpha value is -1.67. The second-order valence-electron chi connectivity index (χ2n) is 3.46. The zero-order valence-electron chi connectivity index (χ0n) is 9.76. The summed E-state index contributed by atoms with van der Waals surface area (Å²) in [6.07, 6.45) is -9.60. The lowest BCUT2D eigenvalue weighted by Crippen LogP contribution is -2.08. The van der Waals surface area contributed by atoms with Crippen LogP contribution in [0.1, 0.15) is 41.9 Å². The first-order valence-electron chi connectivity index (χ1n) is 5.26. The maximum absolute atomic E-state index is 12.6. The van der Waals surface area contributed by atoms with Crippen LogP contribution < -0.4 is 0 Å². The van der Waals surface area contributed by atoms with Crippen LogP contribution in [0.5, 0.6) is 0 Å². The molecular formula is C10H10F5NO3. The Kier molecular flexibility index (Phi) is 4.84. The van der Waals surface area contributed by atoms with E-state index >= 15 is 0 Å². The van der Waals surface area contributed by atoms with Gasteiger partial charge in [0.05, 0.1) is 13.0 Å². The molecule has 0 spiro atoms. The van der Waals surface area contributed by atoms with Crippen LogP contribution >= 0.6 is 0 Å². The number of aryl methyl sites for hydroxylation is 1. The van der Waals surface area contributed by atoms with Crippen LogP contribution in [0.25, 0.3) is 0 Å². The summed E-state index contributed by atoms with van der Waals surface area (Å²) < 4.78 is 70.1. The monoisotopic (exact) mass is 287 g/mol. The molecule has 0 saturated carbocycles. The molecule has 4 nitrogen and oxygen atoms in total. The van der Waals surface area contributed by atoms with Gasteiger partial charge >= 0.3 is 12.1 Å². The molecule has 108 valence electrons. The number of halogens is 5. The molecule has 0 saturated heterocycles. The van der Waals surface area contributed by atoms with Crippen molar-refractivity contribution in [1.82, 2.24) is 4.98 Å². The predicted octanol–water partition coefficient (Wildman–Crippen LogP) is 3.28. The first-order chi connectivity index (χ1) is 8.74. The van der Waals surface area contributed by atoms with E-state index < -0.39 is 48.8 Å². The number of oxazole rings is 1. The van der Waals surface area contributed by atoms with Gasteiger partial charge in [0.1, 0.15) is 0 Å². The summed E-state index contributed by atoms with van der Waals surface area (Å²) in [7, 11) is 0. The van der Waals surface area contributed by atoms with Gasteiger partial charge in [-0.25, -0.2) is 18.6 Å². The van der Waals surface area contributed by atoms with E-state index in [0.29, 0.717) is 0 Å². The van der Waals surface area contributed by atoms with Crippen molar-refractivity contribution in [2.45, 2.75) is 32.4 Å². The average Bonchev–Trinajstić information content (AvgIpc) is 2.70. The van der Waals surface area contributed by atoms with Crippen molar-refractivity contribution in [3.05, 3.63) is 17.3 Å². The van der Waals surface area contributed by atoms with Crippen LogP contribution in [0.3, 0.4) is 0 Å². The van der Waals surface area contributed by atoms with Crippen molar-refractivity contribution < 1.29 is 35.9 Å². The maximum Gasteiger partial charge on any atom is 0.389 e. The average molecular weight is 287 g/mol. The molecule has 0 bridgehead atoms. The Balaban J connectivity index is 2.91. The molecule has 0 aromatic carbocycles. The summed E-state index contributed by atoms with van der Waals surface area (Å²) >= 11 is 0. The summed E-state index contributed by atoms with van der Waals surface area (Å²) in [5, 5.41) is 0. The molecule has 0 atom stereocenters. The number of esters is 1. The number of rotatable bonds is 5. The summed E-state index contributed by atoms with van der Waals surface area (Å²) in [4.78, 5) is 14.5. The van der Waals surface area contributed by atoms with E-state index in [1.54, 1.807) is 0 Å². The first-order valence-corrected chi connectivity index (χ1v) is 5.26. The molecule has 9 heteroatoms. The van der Waals surface area contributed by atoms with Crippen molar-refractivity contribution in [3.63, 3.8) is 0 Å². The smallest absolute Gasteiger partial charge is 0.389 e. The van der Waals surface area contributed by atoms with Crippen molar-refractivity contribution in [2.75, 3.05) is 6.61 Å². The van der Waals surface area contributed by atoms with Gasteiger partial charge in [-0.15, -0.1) is 0 Å². The molecule has 1 aromatic rings. The molecule has 0 aliphatic rings. The fourth-order valence-electron chi connectivity index (χ4n) is 1.22. The summed E-state index contributed by atoms with van der Waals surface area (Å²) in [6.45, 7) is 1.36. The fourth-order valence-corrected chi connectivity index (χ4v) is 1.22. The molecule has 0 aliphatic carbocycles. The summed E-state index contributed by atoms with van der Waals surface area (Å²) in [5.41, 5.74) is -1.00. The van der Waals surface area contributed by atoms with Crippen LogP contribution in [-0.2, 0) is 11.2 Å².